The molecule has 0 saturated heterocycles. The summed E-state index contributed by atoms with van der Waals surface area (Å²) >= 11 is 0. The fraction of sp³-hybridized carbons (Fsp3) is 0.300. The van der Waals surface area contributed by atoms with E-state index in [1.54, 1.807) is 23.1 Å². The minimum Gasteiger partial charge on any atom is -0.468 e. The van der Waals surface area contributed by atoms with Gasteiger partial charge in [0.05, 0.1) is 13.7 Å². The highest BCUT2D eigenvalue weighted by molar-refractivity contribution is 5.81. The molecule has 0 radical (unpaired) electrons. The Balaban J connectivity index is 1.67. The molecule has 3 rings (SSSR count). The van der Waals surface area contributed by atoms with Crippen LogP contribution in [0.1, 0.15) is 16.7 Å². The van der Waals surface area contributed by atoms with Crippen LogP contribution in [0.25, 0.3) is 0 Å². The van der Waals surface area contributed by atoms with E-state index >= 15 is 0 Å². The van der Waals surface area contributed by atoms with Crippen LogP contribution in [0.4, 0.5) is 4.39 Å². The van der Waals surface area contributed by atoms with E-state index in [1.165, 1.54) is 13.2 Å². The Morgan fingerprint density at radius 1 is 1.15 bits per heavy atom. The van der Waals surface area contributed by atoms with Gasteiger partial charge in [-0.3, -0.25) is 14.5 Å². The van der Waals surface area contributed by atoms with Crippen LogP contribution in [0.3, 0.4) is 0 Å². The maximum atomic E-state index is 13.7. The first kappa shape index (κ1) is 18.1. The first-order chi connectivity index (χ1) is 12.6. The van der Waals surface area contributed by atoms with Gasteiger partial charge in [-0.25, -0.2) is 4.39 Å². The molecule has 0 spiro atoms. The number of amides is 1. The molecule has 1 heterocycles. The van der Waals surface area contributed by atoms with Crippen molar-refractivity contribution in [3.05, 3.63) is 71.0 Å². The number of esters is 1. The van der Waals surface area contributed by atoms with E-state index in [1.807, 2.05) is 24.3 Å². The number of methoxy groups -OCH3 is 1. The van der Waals surface area contributed by atoms with Crippen LogP contribution < -0.4 is 5.32 Å². The van der Waals surface area contributed by atoms with Gasteiger partial charge >= 0.3 is 5.97 Å². The van der Waals surface area contributed by atoms with E-state index in [4.69, 9.17) is 4.74 Å². The lowest BCUT2D eigenvalue weighted by Crippen LogP contribution is -2.49. The van der Waals surface area contributed by atoms with Gasteiger partial charge in [-0.15, -0.1) is 0 Å². The fourth-order valence-electron chi connectivity index (χ4n) is 3.19. The molecule has 6 heteroatoms. The third-order valence-corrected chi connectivity index (χ3v) is 4.60. The lowest BCUT2D eigenvalue weighted by Gasteiger charge is -2.34. The van der Waals surface area contributed by atoms with Crippen molar-refractivity contribution in [3.63, 3.8) is 0 Å². The van der Waals surface area contributed by atoms with Crippen LogP contribution in [0, 0.1) is 5.82 Å². The summed E-state index contributed by atoms with van der Waals surface area (Å²) in [5.41, 5.74) is 2.61. The smallest absolute Gasteiger partial charge is 0.323 e. The third-order valence-electron chi connectivity index (χ3n) is 4.60. The van der Waals surface area contributed by atoms with Gasteiger partial charge in [0.25, 0.3) is 0 Å². The predicted molar refractivity (Wildman–Crippen MR) is 94.6 cm³/mol. The summed E-state index contributed by atoms with van der Waals surface area (Å²) in [4.78, 5) is 26.3. The molecule has 5 nitrogen and oxygen atoms in total. The summed E-state index contributed by atoms with van der Waals surface area (Å²) in [6.45, 7) is 0.643. The van der Waals surface area contributed by atoms with Crippen molar-refractivity contribution in [2.75, 3.05) is 13.7 Å². The summed E-state index contributed by atoms with van der Waals surface area (Å²) in [6, 6.07) is 13.7. The molecule has 0 unspecified atom stereocenters. The van der Waals surface area contributed by atoms with Crippen LogP contribution in [-0.4, -0.2) is 36.5 Å². The molecular formula is C20H21FN2O3. The van der Waals surface area contributed by atoms with Gasteiger partial charge in [0, 0.05) is 18.7 Å². The first-order valence-electron chi connectivity index (χ1n) is 8.47. The van der Waals surface area contributed by atoms with Gasteiger partial charge in [-0.1, -0.05) is 42.5 Å². The lowest BCUT2D eigenvalue weighted by atomic mass is 9.94. The molecule has 26 heavy (non-hydrogen) atoms. The van der Waals surface area contributed by atoms with Crippen LogP contribution >= 0.6 is 0 Å². The zero-order valence-electron chi connectivity index (χ0n) is 14.6. The summed E-state index contributed by atoms with van der Waals surface area (Å²) in [7, 11) is 1.35. The van der Waals surface area contributed by atoms with Crippen molar-refractivity contribution < 1.29 is 18.7 Å². The molecule has 2 aromatic carbocycles. The van der Waals surface area contributed by atoms with E-state index in [0.29, 0.717) is 18.5 Å². The second-order valence-electron chi connectivity index (χ2n) is 6.28. The molecule has 0 saturated carbocycles. The van der Waals surface area contributed by atoms with Gasteiger partial charge in [-0.05, 0) is 23.6 Å². The molecule has 136 valence electrons. The average molecular weight is 356 g/mol. The number of carbonyl (C=O) groups excluding carboxylic acids is 2. The quantitative estimate of drug-likeness (QED) is 0.833. The van der Waals surface area contributed by atoms with Crippen molar-refractivity contribution in [2.45, 2.75) is 25.6 Å². The largest absolute Gasteiger partial charge is 0.468 e. The molecule has 2 aromatic rings. The highest BCUT2D eigenvalue weighted by Gasteiger charge is 2.33. The fourth-order valence-corrected chi connectivity index (χ4v) is 3.19. The molecule has 0 aromatic heterocycles. The minimum atomic E-state index is -0.505. The summed E-state index contributed by atoms with van der Waals surface area (Å²) < 4.78 is 18.6. The van der Waals surface area contributed by atoms with E-state index in [-0.39, 0.29) is 30.8 Å². The Labute approximate surface area is 151 Å². The molecule has 0 fully saturated rings. The van der Waals surface area contributed by atoms with Crippen molar-refractivity contribution in [2.24, 2.45) is 0 Å². The van der Waals surface area contributed by atoms with Crippen molar-refractivity contribution in [1.82, 2.24) is 10.2 Å². The number of halogens is 1. The van der Waals surface area contributed by atoms with Gasteiger partial charge in [-0.2, -0.15) is 0 Å². The van der Waals surface area contributed by atoms with Gasteiger partial charge in [0.15, 0.2) is 0 Å². The second kappa shape index (κ2) is 8.10. The summed E-state index contributed by atoms with van der Waals surface area (Å²) in [6.07, 6.45) is 0.503. The lowest BCUT2D eigenvalue weighted by molar-refractivity contribution is -0.148. The van der Waals surface area contributed by atoms with Crippen LogP contribution in [0.15, 0.2) is 48.5 Å². The van der Waals surface area contributed by atoms with Crippen LogP contribution in [0.5, 0.6) is 0 Å². The summed E-state index contributed by atoms with van der Waals surface area (Å²) in [5.74, 6) is -0.977. The third kappa shape index (κ3) is 4.08. The molecule has 1 aliphatic heterocycles. The molecule has 1 N–H and O–H groups in total. The van der Waals surface area contributed by atoms with E-state index in [9.17, 15) is 14.0 Å². The van der Waals surface area contributed by atoms with Crippen molar-refractivity contribution in [3.8, 4) is 0 Å². The minimum absolute atomic E-state index is 0.0442. The zero-order chi connectivity index (χ0) is 18.5. The van der Waals surface area contributed by atoms with Gasteiger partial charge < -0.3 is 10.1 Å². The molecule has 0 aliphatic carbocycles. The Kier molecular flexibility index (Phi) is 5.63. The van der Waals surface area contributed by atoms with Crippen LogP contribution in [-0.2, 0) is 33.8 Å². The highest BCUT2D eigenvalue weighted by atomic mass is 19.1. The Hall–Kier alpha value is -2.73. The SMILES string of the molecule is COC(=O)[C@@H]1Cc2ccccc2CN1CC(=O)NCc1ccccc1F. The second-order valence-corrected chi connectivity index (χ2v) is 6.28. The molecule has 1 amide bonds. The molecule has 0 bridgehead atoms. The number of ether oxygens (including phenoxy) is 1. The number of nitrogens with zero attached hydrogens (tertiary/aromatic N) is 1. The Morgan fingerprint density at radius 2 is 1.85 bits per heavy atom. The number of rotatable bonds is 5. The number of hydrogen-bond donors (Lipinski definition) is 1. The first-order valence-corrected chi connectivity index (χ1v) is 8.47. The number of fused-ring (bicyclic) bond motifs is 1. The van der Waals surface area contributed by atoms with Crippen molar-refractivity contribution in [1.29, 1.82) is 0 Å². The average Bonchev–Trinajstić information content (AvgIpc) is 2.66. The maximum absolute atomic E-state index is 13.7. The topological polar surface area (TPSA) is 58.6 Å². The van der Waals surface area contributed by atoms with E-state index in [2.05, 4.69) is 5.32 Å². The highest BCUT2D eigenvalue weighted by Crippen LogP contribution is 2.23. The van der Waals surface area contributed by atoms with Crippen LogP contribution in [0.2, 0.25) is 0 Å². The summed E-state index contributed by atoms with van der Waals surface area (Å²) in [5, 5.41) is 2.72. The van der Waals surface area contributed by atoms with Gasteiger partial charge in [0.2, 0.25) is 5.91 Å². The molecule has 1 atom stereocenters. The van der Waals surface area contributed by atoms with Gasteiger partial charge in [0.1, 0.15) is 11.9 Å². The number of carbonyl (C=O) groups is 2. The monoisotopic (exact) mass is 356 g/mol. The number of hydrogen-bond acceptors (Lipinski definition) is 4. The standard InChI is InChI=1S/C20H21FN2O3/c1-26-20(25)18-10-14-6-2-3-8-16(14)12-23(18)13-19(24)22-11-15-7-4-5-9-17(15)21/h2-9,18H,10-13H2,1H3,(H,22,24)/t18-/m0/s1. The number of nitrogens with one attached hydrogen (secondary N) is 1. The maximum Gasteiger partial charge on any atom is 0.323 e. The van der Waals surface area contributed by atoms with E-state index < -0.39 is 6.04 Å². The normalized spacial score (nSPS) is 16.6. The van der Waals surface area contributed by atoms with E-state index in [0.717, 1.165) is 11.1 Å². The number of benzene rings is 2. The molecular weight excluding hydrogens is 335 g/mol. The Bertz CT molecular complexity index is 809. The predicted octanol–water partition coefficient (Wildman–Crippen LogP) is 2.04. The molecule has 1 aliphatic rings. The zero-order valence-corrected chi connectivity index (χ0v) is 14.6. The Morgan fingerprint density at radius 3 is 2.58 bits per heavy atom. The van der Waals surface area contributed by atoms with Crippen molar-refractivity contribution >= 4 is 11.9 Å².